The highest BCUT2D eigenvalue weighted by Gasteiger charge is 2.60. The normalized spacial score (nSPS) is 33.1. The van der Waals surface area contributed by atoms with Gasteiger partial charge in [0.05, 0.1) is 16.6 Å². The number of fused-ring (bicyclic) bond motifs is 1. The highest BCUT2D eigenvalue weighted by atomic mass is 35.5. The number of nitrogens with zero attached hydrogens (tertiary/aromatic N) is 2. The predicted molar refractivity (Wildman–Crippen MR) is 94.3 cm³/mol. The fraction of sp³-hybridized carbons (Fsp3) is 0.625. The van der Waals surface area contributed by atoms with Crippen molar-refractivity contribution < 1.29 is 18.0 Å². The summed E-state index contributed by atoms with van der Waals surface area (Å²) in [6.07, 6.45) is 4.06. The largest absolute Gasteiger partial charge is 0.382 e. The summed E-state index contributed by atoms with van der Waals surface area (Å²) in [6, 6.07) is -0.400. The second-order valence-corrected chi connectivity index (χ2v) is 9.33. The Morgan fingerprint density at radius 2 is 2.04 bits per heavy atom. The van der Waals surface area contributed by atoms with Gasteiger partial charge in [-0.2, -0.15) is 0 Å². The van der Waals surface area contributed by atoms with E-state index in [1.807, 2.05) is 0 Å². The fourth-order valence-corrected chi connectivity index (χ4v) is 6.24. The predicted octanol–water partition coefficient (Wildman–Crippen LogP) is 0.579. The summed E-state index contributed by atoms with van der Waals surface area (Å²) in [5.74, 6) is -0.767. The summed E-state index contributed by atoms with van der Waals surface area (Å²) in [6.45, 7) is 2.31. The van der Waals surface area contributed by atoms with Crippen molar-refractivity contribution in [3.8, 4) is 0 Å². The lowest BCUT2D eigenvalue weighted by molar-refractivity contribution is -0.141. The van der Waals surface area contributed by atoms with Gasteiger partial charge in [0.25, 0.3) is 0 Å². The molecule has 0 aromatic rings. The van der Waals surface area contributed by atoms with Crippen LogP contribution in [-0.4, -0.2) is 67.3 Å². The number of amides is 1. The number of sulfone groups is 1. The lowest BCUT2D eigenvalue weighted by atomic mass is 9.94. The summed E-state index contributed by atoms with van der Waals surface area (Å²) < 4.78 is 25.8. The zero-order valence-electron chi connectivity index (χ0n) is 14.5. The van der Waals surface area contributed by atoms with Gasteiger partial charge >= 0.3 is 0 Å². The minimum atomic E-state index is -3.83. The molecule has 0 bridgehead atoms. The average Bonchev–Trinajstić information content (AvgIpc) is 2.57. The molecule has 9 heteroatoms. The van der Waals surface area contributed by atoms with Gasteiger partial charge in [-0.3, -0.25) is 14.5 Å². The fourth-order valence-electron chi connectivity index (χ4n) is 3.55. The van der Waals surface area contributed by atoms with Crippen LogP contribution in [0.3, 0.4) is 0 Å². The van der Waals surface area contributed by atoms with Crippen molar-refractivity contribution in [2.24, 2.45) is 0 Å². The van der Waals surface area contributed by atoms with Gasteiger partial charge < -0.3 is 10.2 Å². The van der Waals surface area contributed by atoms with E-state index in [2.05, 4.69) is 5.32 Å². The molecule has 0 aliphatic carbocycles. The number of Topliss-reactive ketones (excluding diaryl/α,β-unsaturated/α-hetero) is 1. The van der Waals surface area contributed by atoms with Crippen molar-refractivity contribution in [3.63, 3.8) is 0 Å². The number of carbonyl (C=O) groups excluding carboxylic acids is 2. The Morgan fingerprint density at radius 3 is 2.60 bits per heavy atom. The smallest absolute Gasteiger partial charge is 0.249 e. The Kier molecular flexibility index (Phi) is 4.72. The molecule has 0 saturated carbocycles. The van der Waals surface area contributed by atoms with Crippen LogP contribution in [0, 0.1) is 0 Å². The van der Waals surface area contributed by atoms with Gasteiger partial charge in [0.15, 0.2) is 11.2 Å². The third kappa shape index (κ3) is 2.80. The van der Waals surface area contributed by atoms with Crippen molar-refractivity contribution in [1.82, 2.24) is 15.1 Å². The van der Waals surface area contributed by atoms with Crippen molar-refractivity contribution in [2.45, 2.75) is 43.0 Å². The second kappa shape index (κ2) is 6.41. The molecular weight excluding hydrogens is 366 g/mol. The highest BCUT2D eigenvalue weighted by molar-refractivity contribution is 7.96. The maximum absolute atomic E-state index is 13.1. The Bertz CT molecular complexity index is 781. The monoisotopic (exact) mass is 387 g/mol. The number of piperidine rings is 1. The number of allylic oxidation sites excluding steroid dienone is 1. The minimum absolute atomic E-state index is 0.0519. The molecule has 3 aliphatic rings. The molecule has 2 saturated heterocycles. The van der Waals surface area contributed by atoms with E-state index in [1.54, 1.807) is 25.9 Å². The third-order valence-corrected chi connectivity index (χ3v) is 7.52. The van der Waals surface area contributed by atoms with Gasteiger partial charge in [-0.15, -0.1) is 11.6 Å². The lowest BCUT2D eigenvalue weighted by Gasteiger charge is -2.48. The van der Waals surface area contributed by atoms with Crippen LogP contribution in [0.25, 0.3) is 0 Å². The van der Waals surface area contributed by atoms with Crippen molar-refractivity contribution in [3.05, 3.63) is 22.4 Å². The SMILES string of the molecule is CC1=C(C(=O)C2CCCCN2)N2C(=O)[C@H](Cl)[C@H]2S(=O)(=O)/C1=C/N(C)C. The first kappa shape index (κ1) is 18.4. The maximum Gasteiger partial charge on any atom is 0.249 e. The number of ketones is 1. The number of alkyl halides is 1. The molecule has 2 fully saturated rings. The number of rotatable bonds is 3. The summed E-state index contributed by atoms with van der Waals surface area (Å²) in [5.41, 5.74) is 0.466. The summed E-state index contributed by atoms with van der Waals surface area (Å²) in [7, 11) is -0.416. The molecule has 3 aliphatic heterocycles. The van der Waals surface area contributed by atoms with Gasteiger partial charge in [-0.25, -0.2) is 8.42 Å². The van der Waals surface area contributed by atoms with E-state index in [0.717, 1.165) is 24.3 Å². The first-order valence-electron chi connectivity index (χ1n) is 8.26. The standard InChI is InChI=1S/C16H22ClN3O4S/c1-9-11(8-19(2)3)25(23,24)16-12(17)15(22)20(16)13(9)14(21)10-6-4-5-7-18-10/h8,10,12,16,18H,4-7H2,1-3H3/b11-8+/t10?,12-,16+/m0/s1. The van der Waals surface area contributed by atoms with Crippen LogP contribution in [-0.2, 0) is 19.4 Å². The molecule has 25 heavy (non-hydrogen) atoms. The average molecular weight is 388 g/mol. The van der Waals surface area contributed by atoms with Crippen molar-refractivity contribution >= 4 is 33.1 Å². The van der Waals surface area contributed by atoms with Gasteiger partial charge in [0.1, 0.15) is 5.38 Å². The highest BCUT2D eigenvalue weighted by Crippen LogP contribution is 2.44. The van der Waals surface area contributed by atoms with Crippen LogP contribution < -0.4 is 5.32 Å². The Hall–Kier alpha value is -1.38. The van der Waals surface area contributed by atoms with Gasteiger partial charge in [-0.05, 0) is 31.9 Å². The van der Waals surface area contributed by atoms with Gasteiger partial charge in [-0.1, -0.05) is 6.42 Å². The van der Waals surface area contributed by atoms with E-state index in [0.29, 0.717) is 12.0 Å². The van der Waals surface area contributed by atoms with Crippen LogP contribution in [0.15, 0.2) is 22.4 Å². The van der Waals surface area contributed by atoms with Gasteiger partial charge in [0.2, 0.25) is 15.7 Å². The molecule has 7 nitrogen and oxygen atoms in total. The number of nitrogens with one attached hydrogen (secondary N) is 1. The number of carbonyl (C=O) groups is 2. The third-order valence-electron chi connectivity index (χ3n) is 4.80. The second-order valence-electron chi connectivity index (χ2n) is 6.84. The van der Waals surface area contributed by atoms with E-state index in [4.69, 9.17) is 11.6 Å². The summed E-state index contributed by atoms with van der Waals surface area (Å²) >= 11 is 6.00. The maximum atomic E-state index is 13.1. The van der Waals surface area contributed by atoms with Crippen LogP contribution in [0.1, 0.15) is 26.2 Å². The van der Waals surface area contributed by atoms with Crippen LogP contribution in [0.5, 0.6) is 0 Å². The Balaban J connectivity index is 2.13. The van der Waals surface area contributed by atoms with E-state index in [9.17, 15) is 18.0 Å². The Labute approximate surface area is 152 Å². The van der Waals surface area contributed by atoms with Crippen molar-refractivity contribution in [1.29, 1.82) is 0 Å². The molecule has 1 amide bonds. The number of β-lactam (4-membered cyclic amide) rings is 1. The van der Waals surface area contributed by atoms with E-state index in [-0.39, 0.29) is 16.4 Å². The van der Waals surface area contributed by atoms with Crippen LogP contribution in [0.2, 0.25) is 0 Å². The van der Waals surface area contributed by atoms with E-state index in [1.165, 1.54) is 6.20 Å². The molecule has 0 spiro atoms. The molecule has 3 heterocycles. The summed E-state index contributed by atoms with van der Waals surface area (Å²) in [5, 5.41) is 0.794. The molecule has 0 aromatic carbocycles. The van der Waals surface area contributed by atoms with Crippen LogP contribution in [0.4, 0.5) is 0 Å². The van der Waals surface area contributed by atoms with Crippen molar-refractivity contribution in [2.75, 3.05) is 20.6 Å². The lowest BCUT2D eigenvalue weighted by Crippen LogP contribution is -2.68. The molecule has 0 radical (unpaired) electrons. The first-order valence-corrected chi connectivity index (χ1v) is 10.2. The molecule has 1 unspecified atom stereocenters. The van der Waals surface area contributed by atoms with E-state index < -0.39 is 32.5 Å². The zero-order valence-corrected chi connectivity index (χ0v) is 16.0. The van der Waals surface area contributed by atoms with Crippen LogP contribution >= 0.6 is 11.6 Å². The number of hydrogen-bond acceptors (Lipinski definition) is 6. The van der Waals surface area contributed by atoms with Gasteiger partial charge in [0, 0.05) is 20.3 Å². The first-order chi connectivity index (χ1) is 11.7. The van der Waals surface area contributed by atoms with E-state index >= 15 is 0 Å². The molecule has 3 rings (SSSR count). The molecule has 1 N–H and O–H groups in total. The summed E-state index contributed by atoms with van der Waals surface area (Å²) in [4.78, 5) is 28.0. The Morgan fingerprint density at radius 1 is 1.36 bits per heavy atom. The molecular formula is C16H22ClN3O4S. The number of halogens is 1. The topological polar surface area (TPSA) is 86.8 Å². The number of hydrogen-bond donors (Lipinski definition) is 1. The molecule has 3 atom stereocenters. The molecule has 0 aromatic heterocycles. The molecule has 138 valence electrons. The quantitative estimate of drug-likeness (QED) is 0.563. The zero-order chi connectivity index (χ0) is 18.5. The minimum Gasteiger partial charge on any atom is -0.382 e.